The second kappa shape index (κ2) is 5.07. The Morgan fingerprint density at radius 2 is 1.94 bits per heavy atom. The number of rotatable bonds is 4. The van der Waals surface area contributed by atoms with Gasteiger partial charge in [0.05, 0.1) is 19.3 Å². The van der Waals surface area contributed by atoms with Crippen LogP contribution in [0.2, 0.25) is 0 Å². The molecule has 3 nitrogen and oxygen atoms in total. The summed E-state index contributed by atoms with van der Waals surface area (Å²) in [6.07, 6.45) is 2.66. The molecule has 2 heterocycles. The molecule has 1 aromatic rings. The zero-order valence-electron chi connectivity index (χ0n) is 10.2. The molecule has 0 saturated carbocycles. The Morgan fingerprint density at radius 3 is 2.65 bits per heavy atom. The van der Waals surface area contributed by atoms with Crippen LogP contribution in [0.25, 0.3) is 0 Å². The summed E-state index contributed by atoms with van der Waals surface area (Å²) in [5, 5.41) is 3.55. The number of nitrogens with one attached hydrogen (secondary N) is 1. The lowest BCUT2D eigenvalue weighted by Crippen LogP contribution is -2.45. The molecule has 0 bridgehead atoms. The van der Waals surface area contributed by atoms with Crippen molar-refractivity contribution in [2.24, 2.45) is 0 Å². The highest BCUT2D eigenvalue weighted by Crippen LogP contribution is 2.24. The zero-order valence-corrected chi connectivity index (χ0v) is 10.2. The molecule has 92 valence electrons. The van der Waals surface area contributed by atoms with E-state index in [1.807, 2.05) is 0 Å². The van der Waals surface area contributed by atoms with Gasteiger partial charge in [0.15, 0.2) is 0 Å². The first-order chi connectivity index (χ1) is 8.43. The first-order valence-corrected chi connectivity index (χ1v) is 6.57. The van der Waals surface area contributed by atoms with E-state index < -0.39 is 0 Å². The first kappa shape index (κ1) is 11.1. The maximum Gasteiger partial charge on any atom is 0.0643 e. The molecule has 0 aromatic heterocycles. The topological polar surface area (TPSA) is 24.5 Å². The summed E-state index contributed by atoms with van der Waals surface area (Å²) in [5.41, 5.74) is 2.83. The van der Waals surface area contributed by atoms with Gasteiger partial charge in [-0.2, -0.15) is 0 Å². The molecule has 0 spiro atoms. The Hall–Kier alpha value is -1.06. The van der Waals surface area contributed by atoms with Gasteiger partial charge in [-0.25, -0.2) is 0 Å². The second-order valence-corrected chi connectivity index (χ2v) is 4.94. The maximum atomic E-state index is 5.18. The lowest BCUT2D eigenvalue weighted by atomic mass is 10.1. The first-order valence-electron chi connectivity index (χ1n) is 6.57. The fourth-order valence-corrected chi connectivity index (χ4v) is 2.53. The molecule has 2 aliphatic heterocycles. The molecule has 2 saturated heterocycles. The summed E-state index contributed by atoms with van der Waals surface area (Å²) >= 11 is 0. The van der Waals surface area contributed by atoms with Gasteiger partial charge in [0.25, 0.3) is 0 Å². The molecule has 1 N–H and O–H groups in total. The van der Waals surface area contributed by atoms with Crippen molar-refractivity contribution < 1.29 is 4.74 Å². The highest BCUT2D eigenvalue weighted by atomic mass is 16.5. The smallest absolute Gasteiger partial charge is 0.0643 e. The van der Waals surface area contributed by atoms with Gasteiger partial charge in [-0.3, -0.25) is 0 Å². The number of anilines is 1. The molecule has 0 radical (unpaired) electrons. The average molecular weight is 232 g/mol. The minimum atomic E-state index is 0.557. The molecule has 1 aromatic carbocycles. The van der Waals surface area contributed by atoms with E-state index in [1.165, 1.54) is 37.2 Å². The Labute approximate surface area is 103 Å². The van der Waals surface area contributed by atoms with Crippen LogP contribution in [0.5, 0.6) is 0 Å². The van der Waals surface area contributed by atoms with Crippen LogP contribution >= 0.6 is 0 Å². The van der Waals surface area contributed by atoms with E-state index in [0.717, 1.165) is 19.8 Å². The highest BCUT2D eigenvalue weighted by Gasteiger charge is 2.19. The molecule has 3 rings (SSSR count). The number of nitrogens with zero attached hydrogens (tertiary/aromatic N) is 1. The number of hydrogen-bond acceptors (Lipinski definition) is 3. The van der Waals surface area contributed by atoms with Gasteiger partial charge in [-0.1, -0.05) is 18.2 Å². The summed E-state index contributed by atoms with van der Waals surface area (Å²) in [7, 11) is 0. The predicted molar refractivity (Wildman–Crippen MR) is 69.3 cm³/mol. The van der Waals surface area contributed by atoms with Crippen LogP contribution in [0.1, 0.15) is 18.4 Å². The van der Waals surface area contributed by atoms with Gasteiger partial charge in [-0.15, -0.1) is 0 Å². The highest BCUT2D eigenvalue weighted by molar-refractivity contribution is 5.54. The number of benzene rings is 1. The summed E-state index contributed by atoms with van der Waals surface area (Å²) in [4.78, 5) is 2.51. The van der Waals surface area contributed by atoms with E-state index >= 15 is 0 Å². The van der Waals surface area contributed by atoms with E-state index in [9.17, 15) is 0 Å². The van der Waals surface area contributed by atoms with E-state index in [1.54, 1.807) is 0 Å². The summed E-state index contributed by atoms with van der Waals surface area (Å²) in [6, 6.07) is 9.32. The van der Waals surface area contributed by atoms with Crippen molar-refractivity contribution in [3.05, 3.63) is 29.8 Å². The van der Waals surface area contributed by atoms with Gasteiger partial charge < -0.3 is 15.0 Å². The second-order valence-electron chi connectivity index (χ2n) is 4.94. The molecular weight excluding hydrogens is 212 g/mol. The standard InChI is InChI=1S/C14H20N2O/c1-2-6-14(16-7-3-4-8-16)12(5-1)9-15-13-10-17-11-13/h1-2,5-6,13,15H,3-4,7-11H2. The molecule has 17 heavy (non-hydrogen) atoms. The lowest BCUT2D eigenvalue weighted by molar-refractivity contribution is -0.00577. The number of para-hydroxylation sites is 1. The summed E-state index contributed by atoms with van der Waals surface area (Å²) < 4.78 is 5.18. The van der Waals surface area contributed by atoms with Crippen LogP contribution in [0.4, 0.5) is 5.69 Å². The predicted octanol–water partition coefficient (Wildman–Crippen LogP) is 1.78. The van der Waals surface area contributed by atoms with Crippen LogP contribution in [0.15, 0.2) is 24.3 Å². The normalized spacial score (nSPS) is 20.6. The van der Waals surface area contributed by atoms with Crippen LogP contribution in [-0.2, 0) is 11.3 Å². The molecule has 0 amide bonds. The fourth-order valence-electron chi connectivity index (χ4n) is 2.53. The van der Waals surface area contributed by atoms with Crippen LogP contribution < -0.4 is 10.2 Å². The van der Waals surface area contributed by atoms with Crippen molar-refractivity contribution in [1.29, 1.82) is 0 Å². The van der Waals surface area contributed by atoms with Crippen LogP contribution in [0.3, 0.4) is 0 Å². The number of hydrogen-bond donors (Lipinski definition) is 1. The van der Waals surface area contributed by atoms with Gasteiger partial charge in [0.2, 0.25) is 0 Å². The van der Waals surface area contributed by atoms with Gasteiger partial charge >= 0.3 is 0 Å². The Bertz CT molecular complexity index is 370. The van der Waals surface area contributed by atoms with E-state index in [0.29, 0.717) is 6.04 Å². The van der Waals surface area contributed by atoms with Crippen LogP contribution in [-0.4, -0.2) is 32.3 Å². The van der Waals surface area contributed by atoms with Crippen molar-refractivity contribution in [2.75, 3.05) is 31.2 Å². The van der Waals surface area contributed by atoms with Gasteiger partial charge in [0, 0.05) is 25.3 Å². The summed E-state index contributed by atoms with van der Waals surface area (Å²) in [5.74, 6) is 0. The minimum Gasteiger partial charge on any atom is -0.378 e. The third-order valence-corrected chi connectivity index (χ3v) is 3.66. The van der Waals surface area contributed by atoms with E-state index in [-0.39, 0.29) is 0 Å². The van der Waals surface area contributed by atoms with Crippen molar-refractivity contribution in [3.63, 3.8) is 0 Å². The molecule has 2 fully saturated rings. The quantitative estimate of drug-likeness (QED) is 0.856. The largest absolute Gasteiger partial charge is 0.378 e. The molecular formula is C14H20N2O. The Kier molecular flexibility index (Phi) is 3.29. The maximum absolute atomic E-state index is 5.18. The number of ether oxygens (including phenoxy) is 1. The Morgan fingerprint density at radius 1 is 1.18 bits per heavy atom. The van der Waals surface area contributed by atoms with Gasteiger partial charge in [-0.05, 0) is 24.5 Å². The fraction of sp³-hybridized carbons (Fsp3) is 0.571. The van der Waals surface area contributed by atoms with Gasteiger partial charge in [0.1, 0.15) is 0 Å². The van der Waals surface area contributed by atoms with E-state index in [2.05, 4.69) is 34.5 Å². The third-order valence-electron chi connectivity index (χ3n) is 3.66. The Balaban J connectivity index is 1.68. The monoisotopic (exact) mass is 232 g/mol. The molecule has 0 atom stereocenters. The molecule has 2 aliphatic rings. The van der Waals surface area contributed by atoms with E-state index in [4.69, 9.17) is 4.74 Å². The summed E-state index contributed by atoms with van der Waals surface area (Å²) in [6.45, 7) is 5.12. The van der Waals surface area contributed by atoms with Crippen molar-refractivity contribution in [3.8, 4) is 0 Å². The third kappa shape index (κ3) is 2.45. The molecule has 0 aliphatic carbocycles. The molecule has 0 unspecified atom stereocenters. The SMILES string of the molecule is c1ccc(N2CCCC2)c(CNC2COC2)c1. The zero-order chi connectivity index (χ0) is 11.5. The molecule has 3 heteroatoms. The average Bonchev–Trinajstić information content (AvgIpc) is 2.81. The van der Waals surface area contributed by atoms with Crippen molar-refractivity contribution in [2.45, 2.75) is 25.4 Å². The minimum absolute atomic E-state index is 0.557. The van der Waals surface area contributed by atoms with Crippen LogP contribution in [0, 0.1) is 0 Å². The lowest BCUT2D eigenvalue weighted by Gasteiger charge is -2.28. The van der Waals surface area contributed by atoms with Crippen molar-refractivity contribution >= 4 is 5.69 Å². The van der Waals surface area contributed by atoms with Crippen molar-refractivity contribution in [1.82, 2.24) is 5.32 Å².